The van der Waals surface area contributed by atoms with Gasteiger partial charge < -0.3 is 9.64 Å². The zero-order valence-electron chi connectivity index (χ0n) is 10.4. The summed E-state index contributed by atoms with van der Waals surface area (Å²) in [6, 6.07) is 1.46. The van der Waals surface area contributed by atoms with Crippen molar-refractivity contribution in [2.45, 2.75) is 6.92 Å². The molecule has 19 heavy (non-hydrogen) atoms. The van der Waals surface area contributed by atoms with E-state index in [0.29, 0.717) is 6.07 Å². The Labute approximate surface area is 107 Å². The van der Waals surface area contributed by atoms with E-state index in [2.05, 4.69) is 4.74 Å². The zero-order valence-corrected chi connectivity index (χ0v) is 10.4. The minimum absolute atomic E-state index is 0.139. The summed E-state index contributed by atoms with van der Waals surface area (Å²) in [5.74, 6) is -6.32. The first kappa shape index (κ1) is 15.0. The third-order valence-corrected chi connectivity index (χ3v) is 2.28. The number of carbonyl (C=O) groups is 2. The van der Waals surface area contributed by atoms with Gasteiger partial charge in [-0.3, -0.25) is 9.59 Å². The monoisotopic (exact) mass is 275 g/mol. The predicted molar refractivity (Wildman–Crippen MR) is 59.9 cm³/mol. The van der Waals surface area contributed by atoms with Gasteiger partial charge in [0.1, 0.15) is 6.54 Å². The van der Waals surface area contributed by atoms with E-state index in [1.165, 1.54) is 7.05 Å². The summed E-state index contributed by atoms with van der Waals surface area (Å²) in [4.78, 5) is 23.8. The number of benzene rings is 1. The summed E-state index contributed by atoms with van der Waals surface area (Å²) in [5.41, 5.74) is -0.648. The van der Waals surface area contributed by atoms with E-state index in [4.69, 9.17) is 0 Å². The Balaban J connectivity index is 2.89. The molecular weight excluding hydrogens is 263 g/mol. The number of nitrogens with zero attached hydrogens (tertiary/aromatic N) is 1. The largest absolute Gasteiger partial charge is 0.465 e. The first-order chi connectivity index (χ1) is 8.88. The third-order valence-electron chi connectivity index (χ3n) is 2.28. The van der Waals surface area contributed by atoms with E-state index in [9.17, 15) is 22.8 Å². The van der Waals surface area contributed by atoms with Crippen molar-refractivity contribution in [3.05, 3.63) is 35.1 Å². The number of hydrogen-bond acceptors (Lipinski definition) is 3. The summed E-state index contributed by atoms with van der Waals surface area (Å²) >= 11 is 0. The van der Waals surface area contributed by atoms with Gasteiger partial charge in [0, 0.05) is 7.05 Å². The lowest BCUT2D eigenvalue weighted by atomic mass is 10.1. The highest BCUT2D eigenvalue weighted by Crippen LogP contribution is 2.16. The fourth-order valence-corrected chi connectivity index (χ4v) is 1.37. The first-order valence-electron chi connectivity index (χ1n) is 5.43. The first-order valence-corrected chi connectivity index (χ1v) is 5.43. The van der Waals surface area contributed by atoms with Crippen LogP contribution >= 0.6 is 0 Å². The van der Waals surface area contributed by atoms with Gasteiger partial charge in [0.25, 0.3) is 5.91 Å². The van der Waals surface area contributed by atoms with Gasteiger partial charge in [0.2, 0.25) is 0 Å². The van der Waals surface area contributed by atoms with Gasteiger partial charge >= 0.3 is 5.97 Å². The molecule has 0 aromatic heterocycles. The van der Waals surface area contributed by atoms with Crippen molar-refractivity contribution >= 4 is 11.9 Å². The van der Waals surface area contributed by atoms with E-state index in [0.717, 1.165) is 11.0 Å². The molecule has 0 bridgehead atoms. The van der Waals surface area contributed by atoms with Gasteiger partial charge in [-0.2, -0.15) is 0 Å². The minimum Gasteiger partial charge on any atom is -0.465 e. The van der Waals surface area contributed by atoms with Crippen LogP contribution in [0.4, 0.5) is 13.2 Å². The SMILES string of the molecule is CCOC(=O)CN(C)C(=O)c1ccc(F)c(F)c1F. The highest BCUT2D eigenvalue weighted by atomic mass is 19.2. The molecule has 0 atom stereocenters. The number of amides is 1. The molecular formula is C12H12F3NO3. The van der Waals surface area contributed by atoms with Crippen LogP contribution in [0.25, 0.3) is 0 Å². The molecule has 1 amide bonds. The van der Waals surface area contributed by atoms with Crippen molar-refractivity contribution in [3.63, 3.8) is 0 Å². The number of likely N-dealkylation sites (N-methyl/N-ethyl adjacent to an activating group) is 1. The van der Waals surface area contributed by atoms with Gasteiger partial charge in [-0.1, -0.05) is 0 Å². The fourth-order valence-electron chi connectivity index (χ4n) is 1.37. The van der Waals surface area contributed by atoms with Crippen LogP contribution in [0.5, 0.6) is 0 Å². The van der Waals surface area contributed by atoms with Crippen LogP contribution in [0.1, 0.15) is 17.3 Å². The molecule has 1 rings (SSSR count). The van der Waals surface area contributed by atoms with Crippen LogP contribution < -0.4 is 0 Å². The molecule has 0 radical (unpaired) electrons. The Kier molecular flexibility index (Phi) is 4.91. The average Bonchev–Trinajstić information content (AvgIpc) is 2.35. The number of hydrogen-bond donors (Lipinski definition) is 0. The van der Waals surface area contributed by atoms with Gasteiger partial charge in [0.05, 0.1) is 12.2 Å². The quantitative estimate of drug-likeness (QED) is 0.621. The number of rotatable bonds is 4. The second-order valence-electron chi connectivity index (χ2n) is 3.69. The molecule has 0 saturated heterocycles. The second-order valence-corrected chi connectivity index (χ2v) is 3.69. The number of halogens is 3. The lowest BCUT2D eigenvalue weighted by Gasteiger charge is -2.16. The highest BCUT2D eigenvalue weighted by Gasteiger charge is 2.22. The van der Waals surface area contributed by atoms with Crippen LogP contribution in [0.3, 0.4) is 0 Å². The Morgan fingerprint density at radius 1 is 1.21 bits per heavy atom. The number of carbonyl (C=O) groups excluding carboxylic acids is 2. The Hall–Kier alpha value is -2.05. The molecule has 0 fully saturated rings. The fraction of sp³-hybridized carbons (Fsp3) is 0.333. The summed E-state index contributed by atoms with van der Waals surface area (Å²) < 4.78 is 43.7. The van der Waals surface area contributed by atoms with Gasteiger partial charge in [-0.25, -0.2) is 13.2 Å². The zero-order chi connectivity index (χ0) is 14.6. The molecule has 0 spiro atoms. The van der Waals surface area contributed by atoms with E-state index in [1.54, 1.807) is 6.92 Å². The number of ether oxygens (including phenoxy) is 1. The maximum Gasteiger partial charge on any atom is 0.325 e. The van der Waals surface area contributed by atoms with Gasteiger partial charge in [0.15, 0.2) is 17.5 Å². The van der Waals surface area contributed by atoms with Crippen LogP contribution in [-0.4, -0.2) is 37.0 Å². The predicted octanol–water partition coefficient (Wildman–Crippen LogP) is 1.74. The maximum atomic E-state index is 13.4. The molecule has 104 valence electrons. The normalized spacial score (nSPS) is 10.2. The summed E-state index contributed by atoms with van der Waals surface area (Å²) in [6.45, 7) is 1.32. The molecule has 0 aliphatic rings. The second kappa shape index (κ2) is 6.21. The standard InChI is InChI=1S/C12H12F3NO3/c1-3-19-9(17)6-16(2)12(18)7-4-5-8(13)11(15)10(7)14/h4-5H,3,6H2,1-2H3. The summed E-state index contributed by atoms with van der Waals surface area (Å²) in [5, 5.41) is 0. The molecule has 0 N–H and O–H groups in total. The molecule has 0 unspecified atom stereocenters. The Morgan fingerprint density at radius 3 is 2.42 bits per heavy atom. The van der Waals surface area contributed by atoms with Crippen LogP contribution in [0.2, 0.25) is 0 Å². The van der Waals surface area contributed by atoms with E-state index in [-0.39, 0.29) is 6.61 Å². The van der Waals surface area contributed by atoms with Crippen LogP contribution in [0.15, 0.2) is 12.1 Å². The molecule has 1 aromatic rings. The van der Waals surface area contributed by atoms with Crippen molar-refractivity contribution in [3.8, 4) is 0 Å². The lowest BCUT2D eigenvalue weighted by Crippen LogP contribution is -2.33. The Morgan fingerprint density at radius 2 is 1.84 bits per heavy atom. The van der Waals surface area contributed by atoms with E-state index >= 15 is 0 Å². The molecule has 0 heterocycles. The van der Waals surface area contributed by atoms with Crippen molar-refractivity contribution in [1.82, 2.24) is 4.90 Å². The van der Waals surface area contributed by atoms with Crippen molar-refractivity contribution in [1.29, 1.82) is 0 Å². The molecule has 1 aromatic carbocycles. The lowest BCUT2D eigenvalue weighted by molar-refractivity contribution is -0.143. The van der Waals surface area contributed by atoms with Crippen LogP contribution in [-0.2, 0) is 9.53 Å². The van der Waals surface area contributed by atoms with Crippen LogP contribution in [0, 0.1) is 17.5 Å². The van der Waals surface area contributed by atoms with Gasteiger partial charge in [-0.15, -0.1) is 0 Å². The van der Waals surface area contributed by atoms with E-state index < -0.39 is 41.4 Å². The topological polar surface area (TPSA) is 46.6 Å². The third kappa shape index (κ3) is 3.46. The summed E-state index contributed by atoms with van der Waals surface area (Å²) in [6.07, 6.45) is 0. The van der Waals surface area contributed by atoms with E-state index in [1.807, 2.05) is 0 Å². The Bertz CT molecular complexity index is 505. The smallest absolute Gasteiger partial charge is 0.325 e. The van der Waals surface area contributed by atoms with Crippen molar-refractivity contribution < 1.29 is 27.5 Å². The van der Waals surface area contributed by atoms with Crippen molar-refractivity contribution in [2.75, 3.05) is 20.2 Å². The maximum absolute atomic E-state index is 13.4. The minimum atomic E-state index is -1.73. The number of esters is 1. The average molecular weight is 275 g/mol. The van der Waals surface area contributed by atoms with Gasteiger partial charge in [-0.05, 0) is 19.1 Å². The molecule has 0 aliphatic heterocycles. The molecule has 0 saturated carbocycles. The molecule has 0 aliphatic carbocycles. The molecule has 7 heteroatoms. The summed E-state index contributed by atoms with van der Waals surface area (Å²) in [7, 11) is 1.22. The molecule has 4 nitrogen and oxygen atoms in total. The van der Waals surface area contributed by atoms with Crippen molar-refractivity contribution in [2.24, 2.45) is 0 Å². The highest BCUT2D eigenvalue weighted by molar-refractivity contribution is 5.96.